The third-order valence-corrected chi connectivity index (χ3v) is 8.40. The normalized spacial score (nSPS) is 13.6. The van der Waals surface area contributed by atoms with E-state index in [2.05, 4.69) is 106 Å². The molecule has 1 nitrogen and oxygen atoms in total. The van der Waals surface area contributed by atoms with E-state index < -0.39 is 0 Å². The Morgan fingerprint density at radius 2 is 1.27 bits per heavy atom. The van der Waals surface area contributed by atoms with Crippen LogP contribution in [0, 0.1) is 12.7 Å². The number of halogens is 1. The number of hydrogen-bond donors (Lipinski definition) is 0. The quantitative estimate of drug-likeness (QED) is 0.162. The molecular weight excluding hydrogens is 489 g/mol. The molecule has 0 radical (unpaired) electrons. The van der Waals surface area contributed by atoms with E-state index in [1.807, 2.05) is 35.2 Å². The van der Waals surface area contributed by atoms with E-state index >= 15 is 0 Å². The highest BCUT2D eigenvalue weighted by Crippen LogP contribution is 2.49. The zero-order valence-electron chi connectivity index (χ0n) is 22.9. The van der Waals surface area contributed by atoms with Gasteiger partial charge < -0.3 is 4.90 Å². The zero-order chi connectivity index (χ0) is 27.4. The summed E-state index contributed by atoms with van der Waals surface area (Å²) in [7, 11) is 0. The lowest BCUT2D eigenvalue weighted by molar-refractivity contribution is 0.629. The predicted molar refractivity (Wildman–Crippen MR) is 168 cm³/mol. The minimum atomic E-state index is -0.249. The van der Waals surface area contributed by atoms with Gasteiger partial charge in [0.05, 0.1) is 5.69 Å². The number of anilines is 3. The number of rotatable bonds is 5. The molecule has 0 saturated heterocycles. The highest BCUT2D eigenvalue weighted by Gasteiger charge is 2.33. The van der Waals surface area contributed by atoms with Gasteiger partial charge in [0.15, 0.2) is 0 Å². The fourth-order valence-electron chi connectivity index (χ4n) is 6.30. The smallest absolute Gasteiger partial charge is 0.147 e. The topological polar surface area (TPSA) is 3.24 Å². The van der Waals surface area contributed by atoms with E-state index in [9.17, 15) is 4.39 Å². The summed E-state index contributed by atoms with van der Waals surface area (Å²) in [6, 6.07) is 39.2. The summed E-state index contributed by atoms with van der Waals surface area (Å²) in [6.45, 7) is 6.72. The SMILES string of the molecule is Cc1ccccc1N(c1ccc(C=Cc2cc3c4c(ccc5cccc(c54)C3(C)C)c2)cc1)c1ccccc1F. The maximum absolute atomic E-state index is 15.0. The van der Waals surface area contributed by atoms with Crippen molar-refractivity contribution in [1.82, 2.24) is 0 Å². The van der Waals surface area contributed by atoms with E-state index in [4.69, 9.17) is 0 Å². The molecule has 40 heavy (non-hydrogen) atoms. The average Bonchev–Trinajstić information content (AvgIpc) is 3.21. The maximum Gasteiger partial charge on any atom is 0.147 e. The summed E-state index contributed by atoms with van der Waals surface area (Å²) in [6.07, 6.45) is 4.36. The van der Waals surface area contributed by atoms with Crippen LogP contribution >= 0.6 is 0 Å². The lowest BCUT2D eigenvalue weighted by Crippen LogP contribution is -2.15. The van der Waals surface area contributed by atoms with Crippen LogP contribution in [0.2, 0.25) is 0 Å². The van der Waals surface area contributed by atoms with Gasteiger partial charge in [-0.15, -0.1) is 0 Å². The first-order valence-corrected chi connectivity index (χ1v) is 13.8. The van der Waals surface area contributed by atoms with Crippen LogP contribution in [0.25, 0.3) is 33.7 Å². The Bertz CT molecular complexity index is 1900. The monoisotopic (exact) mass is 519 g/mol. The van der Waals surface area contributed by atoms with Gasteiger partial charge >= 0.3 is 0 Å². The fourth-order valence-corrected chi connectivity index (χ4v) is 6.30. The van der Waals surface area contributed by atoms with Gasteiger partial charge in [0.25, 0.3) is 0 Å². The van der Waals surface area contributed by atoms with Gasteiger partial charge in [0.2, 0.25) is 0 Å². The molecule has 0 heterocycles. The number of hydrogen-bond acceptors (Lipinski definition) is 1. The summed E-state index contributed by atoms with van der Waals surface area (Å²) < 4.78 is 15.0. The van der Waals surface area contributed by atoms with Crippen molar-refractivity contribution in [2.24, 2.45) is 0 Å². The Morgan fingerprint density at radius 3 is 2.05 bits per heavy atom. The van der Waals surface area contributed by atoms with Gasteiger partial charge in [-0.3, -0.25) is 0 Å². The Labute approximate surface area is 234 Å². The molecule has 7 rings (SSSR count). The first-order valence-electron chi connectivity index (χ1n) is 13.8. The second-order valence-corrected chi connectivity index (χ2v) is 11.3. The van der Waals surface area contributed by atoms with Crippen molar-refractivity contribution in [2.45, 2.75) is 26.2 Å². The molecule has 0 unspecified atom stereocenters. The predicted octanol–water partition coefficient (Wildman–Crippen LogP) is 10.7. The standard InChI is InChI=1S/C38H30FN/c1-25-9-4-6-13-34(25)40(35-14-7-5-12-33(35)39)30-21-17-26(18-22-30)15-16-27-23-29-20-19-28-10-8-11-31-36(28)37(29)32(24-27)38(31,2)3/h4-24H,1-3H3. The molecule has 0 spiro atoms. The molecule has 2 heteroatoms. The molecule has 1 aliphatic rings. The molecule has 0 saturated carbocycles. The van der Waals surface area contributed by atoms with Gasteiger partial charge in [-0.25, -0.2) is 4.39 Å². The fraction of sp³-hybridized carbons (Fsp3) is 0.105. The third-order valence-electron chi connectivity index (χ3n) is 8.40. The van der Waals surface area contributed by atoms with Gasteiger partial charge in [0.1, 0.15) is 5.82 Å². The first-order chi connectivity index (χ1) is 19.4. The van der Waals surface area contributed by atoms with E-state index in [-0.39, 0.29) is 11.2 Å². The van der Waals surface area contributed by atoms with Crippen LogP contribution in [-0.4, -0.2) is 0 Å². The van der Waals surface area contributed by atoms with Gasteiger partial charge in [-0.2, -0.15) is 0 Å². The highest BCUT2D eigenvalue weighted by molar-refractivity contribution is 6.15. The molecule has 0 bridgehead atoms. The Balaban J connectivity index is 1.24. The molecule has 6 aromatic rings. The van der Waals surface area contributed by atoms with Crippen LogP contribution < -0.4 is 4.90 Å². The Kier molecular flexibility index (Phi) is 5.61. The van der Waals surface area contributed by atoms with Crippen molar-refractivity contribution < 1.29 is 4.39 Å². The lowest BCUT2D eigenvalue weighted by atomic mass is 9.81. The number of para-hydroxylation sites is 2. The molecule has 0 aromatic heterocycles. The minimum absolute atomic E-state index is 0.0291. The van der Waals surface area contributed by atoms with Gasteiger partial charge in [0, 0.05) is 16.8 Å². The average molecular weight is 520 g/mol. The Morgan fingerprint density at radius 1 is 0.600 bits per heavy atom. The summed E-state index contributed by atoms with van der Waals surface area (Å²) in [5.41, 5.74) is 8.56. The first kappa shape index (κ1) is 24.4. The molecule has 1 aliphatic carbocycles. The minimum Gasteiger partial charge on any atom is -0.307 e. The van der Waals surface area contributed by atoms with Crippen molar-refractivity contribution in [1.29, 1.82) is 0 Å². The van der Waals surface area contributed by atoms with E-state index in [1.54, 1.807) is 6.07 Å². The maximum atomic E-state index is 15.0. The molecule has 194 valence electrons. The molecule has 0 atom stereocenters. The molecule has 0 aliphatic heterocycles. The van der Waals surface area contributed by atoms with Crippen LogP contribution in [0.1, 0.15) is 41.7 Å². The molecule has 6 aromatic carbocycles. The van der Waals surface area contributed by atoms with Crippen molar-refractivity contribution >= 4 is 50.8 Å². The summed E-state index contributed by atoms with van der Waals surface area (Å²) in [5, 5.41) is 5.40. The van der Waals surface area contributed by atoms with Crippen molar-refractivity contribution in [3.05, 3.63) is 149 Å². The second-order valence-electron chi connectivity index (χ2n) is 11.3. The largest absolute Gasteiger partial charge is 0.307 e. The van der Waals surface area contributed by atoms with E-state index in [0.29, 0.717) is 5.69 Å². The van der Waals surface area contributed by atoms with E-state index in [1.165, 1.54) is 44.3 Å². The lowest BCUT2D eigenvalue weighted by Gasteiger charge is -2.27. The van der Waals surface area contributed by atoms with Gasteiger partial charge in [-0.05, 0) is 92.7 Å². The summed E-state index contributed by atoms with van der Waals surface area (Å²) in [4.78, 5) is 1.99. The summed E-state index contributed by atoms with van der Waals surface area (Å²) >= 11 is 0. The zero-order valence-corrected chi connectivity index (χ0v) is 22.9. The van der Waals surface area contributed by atoms with Crippen molar-refractivity contribution in [2.75, 3.05) is 4.90 Å². The van der Waals surface area contributed by atoms with Crippen LogP contribution in [0.4, 0.5) is 21.5 Å². The summed E-state index contributed by atoms with van der Waals surface area (Å²) in [5.74, 6) is -0.249. The highest BCUT2D eigenvalue weighted by atomic mass is 19.1. The van der Waals surface area contributed by atoms with Crippen LogP contribution in [0.3, 0.4) is 0 Å². The van der Waals surface area contributed by atoms with Crippen molar-refractivity contribution in [3.63, 3.8) is 0 Å². The molecular formula is C38H30FN. The van der Waals surface area contributed by atoms with Crippen LogP contribution in [0.5, 0.6) is 0 Å². The third kappa shape index (κ3) is 3.83. The van der Waals surface area contributed by atoms with Crippen LogP contribution in [-0.2, 0) is 5.41 Å². The number of nitrogens with zero attached hydrogens (tertiary/aromatic N) is 1. The number of aryl methyl sites for hydroxylation is 1. The van der Waals surface area contributed by atoms with Crippen LogP contribution in [0.15, 0.2) is 115 Å². The molecule has 0 fully saturated rings. The molecule has 0 N–H and O–H groups in total. The van der Waals surface area contributed by atoms with Crippen molar-refractivity contribution in [3.8, 4) is 0 Å². The van der Waals surface area contributed by atoms with Gasteiger partial charge in [-0.1, -0.05) is 105 Å². The number of benzene rings is 6. The second kappa shape index (κ2) is 9.20. The Hall–Kier alpha value is -4.69. The van der Waals surface area contributed by atoms with E-state index in [0.717, 1.165) is 22.5 Å². The molecule has 0 amide bonds.